The summed E-state index contributed by atoms with van der Waals surface area (Å²) >= 11 is 0. The van der Waals surface area contributed by atoms with E-state index >= 15 is 0 Å². The molecule has 1 aliphatic heterocycles. The molecule has 0 radical (unpaired) electrons. The maximum atomic E-state index is 11.9. The second-order valence-electron chi connectivity index (χ2n) is 5.00. The van der Waals surface area contributed by atoms with E-state index < -0.39 is 0 Å². The molecule has 21 heavy (non-hydrogen) atoms. The molecule has 6 heteroatoms. The van der Waals surface area contributed by atoms with Crippen molar-refractivity contribution in [3.8, 4) is 5.75 Å². The third-order valence-electron chi connectivity index (χ3n) is 3.18. The maximum Gasteiger partial charge on any atom is 0.331 e. The summed E-state index contributed by atoms with van der Waals surface area (Å²) in [6.45, 7) is 3.32. The van der Waals surface area contributed by atoms with E-state index in [1.807, 2.05) is 19.1 Å². The van der Waals surface area contributed by atoms with Crippen LogP contribution in [0.2, 0.25) is 0 Å². The number of methoxy groups -OCH3 is 1. The van der Waals surface area contributed by atoms with Crippen LogP contribution in [0.4, 0.5) is 5.69 Å². The van der Waals surface area contributed by atoms with Gasteiger partial charge in [-0.25, -0.2) is 4.79 Å². The summed E-state index contributed by atoms with van der Waals surface area (Å²) in [7, 11) is 1.63. The van der Waals surface area contributed by atoms with Gasteiger partial charge in [0.15, 0.2) is 5.75 Å². The minimum absolute atomic E-state index is 0.0849. The lowest BCUT2D eigenvalue weighted by atomic mass is 10.1. The summed E-state index contributed by atoms with van der Waals surface area (Å²) in [5.74, 6) is 0.0473. The Kier molecular flexibility index (Phi) is 5.16. The quantitative estimate of drug-likeness (QED) is 0.479. The van der Waals surface area contributed by atoms with E-state index in [9.17, 15) is 9.59 Å². The molecule has 1 aromatic carbocycles. The van der Waals surface area contributed by atoms with Crippen molar-refractivity contribution < 1.29 is 19.1 Å². The molecule has 1 heterocycles. The largest absolute Gasteiger partial charge is 0.423 e. The number of benzene rings is 1. The zero-order valence-electron chi connectivity index (χ0n) is 12.3. The van der Waals surface area contributed by atoms with Crippen molar-refractivity contribution in [2.45, 2.75) is 13.3 Å². The number of fused-ring (bicyclic) bond motifs is 1. The van der Waals surface area contributed by atoms with Crippen LogP contribution in [0.1, 0.15) is 12.0 Å². The highest BCUT2D eigenvalue weighted by Gasteiger charge is 2.25. The zero-order valence-corrected chi connectivity index (χ0v) is 12.3. The SMILES string of the molecule is COCCCNC(=O)CN1CC(=O)Oc2cc(C)ccc21. The minimum Gasteiger partial charge on any atom is -0.423 e. The lowest BCUT2D eigenvalue weighted by molar-refractivity contribution is -0.133. The van der Waals surface area contributed by atoms with Gasteiger partial charge in [-0.2, -0.15) is 0 Å². The van der Waals surface area contributed by atoms with Crippen molar-refractivity contribution in [2.24, 2.45) is 0 Å². The molecule has 0 aliphatic carbocycles. The molecule has 0 fully saturated rings. The van der Waals surface area contributed by atoms with Crippen LogP contribution >= 0.6 is 0 Å². The van der Waals surface area contributed by atoms with Crippen LogP contribution in [0, 0.1) is 6.92 Å². The Morgan fingerprint density at radius 1 is 1.48 bits per heavy atom. The first-order chi connectivity index (χ1) is 10.1. The van der Waals surface area contributed by atoms with E-state index in [0.717, 1.165) is 17.7 Å². The highest BCUT2D eigenvalue weighted by molar-refractivity contribution is 5.89. The van der Waals surface area contributed by atoms with Crippen LogP contribution in [-0.2, 0) is 14.3 Å². The Labute approximate surface area is 124 Å². The van der Waals surface area contributed by atoms with E-state index in [1.54, 1.807) is 18.1 Å². The van der Waals surface area contributed by atoms with Gasteiger partial charge in [0.1, 0.15) is 6.54 Å². The number of amides is 1. The smallest absolute Gasteiger partial charge is 0.331 e. The summed E-state index contributed by atoms with van der Waals surface area (Å²) in [6.07, 6.45) is 0.764. The number of ether oxygens (including phenoxy) is 2. The van der Waals surface area contributed by atoms with Crippen molar-refractivity contribution in [3.63, 3.8) is 0 Å². The Morgan fingerprint density at radius 3 is 3.05 bits per heavy atom. The molecule has 1 amide bonds. The van der Waals surface area contributed by atoms with Crippen molar-refractivity contribution >= 4 is 17.6 Å². The third kappa shape index (κ3) is 4.19. The van der Waals surface area contributed by atoms with Gasteiger partial charge in [0.05, 0.1) is 12.2 Å². The van der Waals surface area contributed by atoms with Gasteiger partial charge in [0.2, 0.25) is 5.91 Å². The topological polar surface area (TPSA) is 67.9 Å². The molecule has 0 spiro atoms. The van der Waals surface area contributed by atoms with Gasteiger partial charge >= 0.3 is 5.97 Å². The van der Waals surface area contributed by atoms with Crippen LogP contribution in [0.3, 0.4) is 0 Å². The number of aryl methyl sites for hydroxylation is 1. The van der Waals surface area contributed by atoms with E-state index in [1.165, 1.54) is 0 Å². The van der Waals surface area contributed by atoms with Crippen LogP contribution in [0.25, 0.3) is 0 Å². The summed E-state index contributed by atoms with van der Waals surface area (Å²) in [6, 6.07) is 5.60. The normalized spacial score (nSPS) is 13.6. The van der Waals surface area contributed by atoms with Crippen LogP contribution in [0.5, 0.6) is 5.75 Å². The predicted molar refractivity (Wildman–Crippen MR) is 78.5 cm³/mol. The van der Waals surface area contributed by atoms with Crippen molar-refractivity contribution in [1.29, 1.82) is 0 Å². The Morgan fingerprint density at radius 2 is 2.29 bits per heavy atom. The summed E-state index contributed by atoms with van der Waals surface area (Å²) < 4.78 is 10.1. The second kappa shape index (κ2) is 7.08. The molecule has 0 saturated carbocycles. The summed E-state index contributed by atoms with van der Waals surface area (Å²) in [5.41, 5.74) is 1.78. The fraction of sp³-hybridized carbons (Fsp3) is 0.467. The number of carbonyl (C=O) groups excluding carboxylic acids is 2. The molecule has 1 N–H and O–H groups in total. The first kappa shape index (κ1) is 15.3. The number of anilines is 1. The van der Waals surface area contributed by atoms with E-state index in [0.29, 0.717) is 18.9 Å². The Bertz CT molecular complexity index is 530. The zero-order chi connectivity index (χ0) is 15.2. The molecule has 114 valence electrons. The number of esters is 1. The van der Waals surface area contributed by atoms with Gasteiger partial charge in [0, 0.05) is 20.3 Å². The molecule has 0 unspecified atom stereocenters. The van der Waals surface area contributed by atoms with E-state index in [2.05, 4.69) is 5.32 Å². The Balaban J connectivity index is 1.97. The second-order valence-corrected chi connectivity index (χ2v) is 5.00. The van der Waals surface area contributed by atoms with Gasteiger partial charge < -0.3 is 19.7 Å². The highest BCUT2D eigenvalue weighted by Crippen LogP contribution is 2.32. The predicted octanol–water partition coefficient (Wildman–Crippen LogP) is 0.873. The number of hydrogen-bond donors (Lipinski definition) is 1. The molecule has 6 nitrogen and oxygen atoms in total. The van der Waals surface area contributed by atoms with Gasteiger partial charge in [-0.1, -0.05) is 6.07 Å². The van der Waals surface area contributed by atoms with Crippen molar-refractivity contribution in [2.75, 3.05) is 38.3 Å². The average Bonchev–Trinajstić information content (AvgIpc) is 2.43. The average molecular weight is 292 g/mol. The molecule has 1 aliphatic rings. The van der Waals surface area contributed by atoms with Crippen LogP contribution < -0.4 is 15.0 Å². The first-order valence-electron chi connectivity index (χ1n) is 6.92. The van der Waals surface area contributed by atoms with Crippen molar-refractivity contribution in [1.82, 2.24) is 5.32 Å². The van der Waals surface area contributed by atoms with E-state index in [-0.39, 0.29) is 25.0 Å². The van der Waals surface area contributed by atoms with Gasteiger partial charge in [-0.05, 0) is 31.0 Å². The lowest BCUT2D eigenvalue weighted by Gasteiger charge is -2.29. The number of carbonyl (C=O) groups is 2. The fourth-order valence-corrected chi connectivity index (χ4v) is 2.17. The minimum atomic E-state index is -0.347. The molecular formula is C15H20N2O4. The standard InChI is InChI=1S/C15H20N2O4/c1-11-4-5-12-13(8-11)21-15(19)10-17(12)9-14(18)16-6-3-7-20-2/h4-5,8H,3,6-7,9-10H2,1-2H3,(H,16,18). The molecule has 2 rings (SSSR count). The van der Waals surface area contributed by atoms with Gasteiger partial charge in [0.25, 0.3) is 0 Å². The maximum absolute atomic E-state index is 11.9. The molecule has 0 aromatic heterocycles. The molecular weight excluding hydrogens is 272 g/mol. The number of nitrogens with zero attached hydrogens (tertiary/aromatic N) is 1. The highest BCUT2D eigenvalue weighted by atomic mass is 16.5. The number of rotatable bonds is 6. The number of hydrogen-bond acceptors (Lipinski definition) is 5. The third-order valence-corrected chi connectivity index (χ3v) is 3.18. The van der Waals surface area contributed by atoms with Crippen molar-refractivity contribution in [3.05, 3.63) is 23.8 Å². The first-order valence-corrected chi connectivity index (χ1v) is 6.92. The summed E-state index contributed by atoms with van der Waals surface area (Å²) in [4.78, 5) is 25.3. The molecule has 0 bridgehead atoms. The van der Waals surface area contributed by atoms with Crippen LogP contribution in [0.15, 0.2) is 18.2 Å². The van der Waals surface area contributed by atoms with Gasteiger partial charge in [-0.15, -0.1) is 0 Å². The lowest BCUT2D eigenvalue weighted by Crippen LogP contribution is -2.43. The summed E-state index contributed by atoms with van der Waals surface area (Å²) in [5, 5.41) is 2.81. The monoisotopic (exact) mass is 292 g/mol. The van der Waals surface area contributed by atoms with Crippen LogP contribution in [-0.4, -0.2) is 45.2 Å². The molecule has 0 atom stereocenters. The fourth-order valence-electron chi connectivity index (χ4n) is 2.17. The molecule has 0 saturated heterocycles. The van der Waals surface area contributed by atoms with E-state index in [4.69, 9.17) is 9.47 Å². The number of nitrogens with one attached hydrogen (secondary N) is 1. The van der Waals surface area contributed by atoms with Gasteiger partial charge in [-0.3, -0.25) is 4.79 Å². The Hall–Kier alpha value is -2.08. The molecule has 1 aromatic rings.